The topological polar surface area (TPSA) is 33.7 Å². The summed E-state index contributed by atoms with van der Waals surface area (Å²) in [6.07, 6.45) is 0. The second kappa shape index (κ2) is 6.46. The number of halogens is 1. The third kappa shape index (κ3) is 3.14. The van der Waals surface area contributed by atoms with Crippen LogP contribution in [0.5, 0.6) is 11.5 Å². The Labute approximate surface area is 119 Å². The fourth-order valence-corrected chi connectivity index (χ4v) is 2.62. The molecule has 1 fully saturated rings. The Morgan fingerprint density at radius 3 is 2.53 bits per heavy atom. The van der Waals surface area contributed by atoms with Crippen LogP contribution in [0.1, 0.15) is 11.1 Å². The maximum atomic E-state index is 6.28. The van der Waals surface area contributed by atoms with Crippen LogP contribution in [0.2, 0.25) is 5.02 Å². The van der Waals surface area contributed by atoms with Gasteiger partial charge in [0, 0.05) is 49.4 Å². The Hall–Kier alpha value is -0.970. The quantitative estimate of drug-likeness (QED) is 0.918. The number of hydrogen-bond acceptors (Lipinski definition) is 4. The lowest BCUT2D eigenvalue weighted by molar-refractivity contribution is 0.228. The molecule has 0 radical (unpaired) electrons. The number of piperazine rings is 1. The van der Waals surface area contributed by atoms with E-state index in [4.69, 9.17) is 21.1 Å². The van der Waals surface area contributed by atoms with Gasteiger partial charge in [-0.2, -0.15) is 0 Å². The third-order valence-corrected chi connectivity index (χ3v) is 3.97. The normalized spacial score (nSPS) is 16.4. The lowest BCUT2D eigenvalue weighted by atomic mass is 10.1. The molecule has 4 nitrogen and oxygen atoms in total. The highest BCUT2D eigenvalue weighted by Crippen LogP contribution is 2.38. The Kier molecular flexibility index (Phi) is 4.91. The zero-order valence-corrected chi connectivity index (χ0v) is 12.5. The van der Waals surface area contributed by atoms with Gasteiger partial charge in [0.2, 0.25) is 0 Å². The van der Waals surface area contributed by atoms with Crippen molar-refractivity contribution in [1.82, 2.24) is 10.2 Å². The summed E-state index contributed by atoms with van der Waals surface area (Å²) < 4.78 is 10.9. The van der Waals surface area contributed by atoms with Gasteiger partial charge >= 0.3 is 0 Å². The largest absolute Gasteiger partial charge is 0.493 e. The van der Waals surface area contributed by atoms with Crippen LogP contribution in [0, 0.1) is 6.92 Å². The minimum atomic E-state index is 0.697. The molecule has 0 aliphatic carbocycles. The fourth-order valence-electron chi connectivity index (χ4n) is 2.41. The molecule has 0 atom stereocenters. The molecule has 0 unspecified atom stereocenters. The predicted octanol–water partition coefficient (Wildman–Crippen LogP) is 2.07. The average Bonchev–Trinajstić information content (AvgIpc) is 2.44. The van der Waals surface area contributed by atoms with Crippen LogP contribution < -0.4 is 14.8 Å². The molecule has 2 rings (SSSR count). The van der Waals surface area contributed by atoms with E-state index in [0.29, 0.717) is 5.75 Å². The average molecular weight is 285 g/mol. The lowest BCUT2D eigenvalue weighted by Gasteiger charge is -2.29. The highest BCUT2D eigenvalue weighted by molar-refractivity contribution is 6.31. The van der Waals surface area contributed by atoms with Crippen LogP contribution in [-0.4, -0.2) is 45.3 Å². The van der Waals surface area contributed by atoms with Crippen LogP contribution in [-0.2, 0) is 6.54 Å². The Balaban J connectivity index is 2.33. The first-order valence-corrected chi connectivity index (χ1v) is 6.88. The standard InChI is InChI=1S/C14H21ClN2O2/c1-10-11(9-17-6-4-16-5-7-17)14(19-3)13(18-2)8-12(10)15/h8,16H,4-7,9H2,1-3H3. The second-order valence-corrected chi connectivity index (χ2v) is 5.13. The summed E-state index contributed by atoms with van der Waals surface area (Å²) in [6, 6.07) is 1.82. The van der Waals surface area contributed by atoms with E-state index in [0.717, 1.165) is 54.6 Å². The molecule has 0 amide bonds. The highest BCUT2D eigenvalue weighted by Gasteiger charge is 2.19. The van der Waals surface area contributed by atoms with Gasteiger partial charge in [0.15, 0.2) is 11.5 Å². The van der Waals surface area contributed by atoms with Crippen molar-refractivity contribution in [3.63, 3.8) is 0 Å². The van der Waals surface area contributed by atoms with Crippen molar-refractivity contribution in [3.8, 4) is 11.5 Å². The predicted molar refractivity (Wildman–Crippen MR) is 77.4 cm³/mol. The van der Waals surface area contributed by atoms with Crippen LogP contribution >= 0.6 is 11.6 Å². The molecule has 1 N–H and O–H groups in total. The van der Waals surface area contributed by atoms with E-state index in [9.17, 15) is 0 Å². The van der Waals surface area contributed by atoms with E-state index in [2.05, 4.69) is 10.2 Å². The van der Waals surface area contributed by atoms with Crippen LogP contribution in [0.4, 0.5) is 0 Å². The molecule has 0 saturated carbocycles. The monoisotopic (exact) mass is 284 g/mol. The number of nitrogens with one attached hydrogen (secondary N) is 1. The number of benzene rings is 1. The fraction of sp³-hybridized carbons (Fsp3) is 0.571. The second-order valence-electron chi connectivity index (χ2n) is 4.72. The molecule has 5 heteroatoms. The zero-order valence-electron chi connectivity index (χ0n) is 11.8. The van der Waals surface area contributed by atoms with Gasteiger partial charge in [0.05, 0.1) is 14.2 Å². The molecule has 1 heterocycles. The summed E-state index contributed by atoms with van der Waals surface area (Å²) >= 11 is 6.28. The molecule has 1 aliphatic rings. The first kappa shape index (κ1) is 14.4. The summed E-state index contributed by atoms with van der Waals surface area (Å²) in [4.78, 5) is 2.40. The van der Waals surface area contributed by atoms with Crippen LogP contribution in [0.3, 0.4) is 0 Å². The minimum absolute atomic E-state index is 0.697. The van der Waals surface area contributed by atoms with Crippen molar-refractivity contribution in [2.45, 2.75) is 13.5 Å². The first-order chi connectivity index (χ1) is 9.17. The van der Waals surface area contributed by atoms with E-state index in [-0.39, 0.29) is 0 Å². The van der Waals surface area contributed by atoms with Gasteiger partial charge in [-0.1, -0.05) is 11.6 Å². The number of rotatable bonds is 4. The minimum Gasteiger partial charge on any atom is -0.493 e. The van der Waals surface area contributed by atoms with E-state index in [1.807, 2.05) is 13.0 Å². The molecule has 0 aromatic heterocycles. The van der Waals surface area contributed by atoms with Gasteiger partial charge in [-0.3, -0.25) is 4.90 Å². The maximum absolute atomic E-state index is 6.28. The van der Waals surface area contributed by atoms with Crippen molar-refractivity contribution in [2.24, 2.45) is 0 Å². The van der Waals surface area contributed by atoms with Gasteiger partial charge in [-0.15, -0.1) is 0 Å². The number of ether oxygens (including phenoxy) is 2. The molecule has 1 aromatic rings. The maximum Gasteiger partial charge on any atom is 0.165 e. The van der Waals surface area contributed by atoms with Gasteiger partial charge in [0.1, 0.15) is 0 Å². The smallest absolute Gasteiger partial charge is 0.165 e. The number of hydrogen-bond donors (Lipinski definition) is 1. The third-order valence-electron chi connectivity index (χ3n) is 3.58. The van der Waals surface area contributed by atoms with Gasteiger partial charge in [0.25, 0.3) is 0 Å². The summed E-state index contributed by atoms with van der Waals surface area (Å²) in [5.41, 5.74) is 2.19. The molecule has 1 aromatic carbocycles. The lowest BCUT2D eigenvalue weighted by Crippen LogP contribution is -2.43. The molecule has 0 spiro atoms. The Bertz CT molecular complexity index is 446. The van der Waals surface area contributed by atoms with E-state index < -0.39 is 0 Å². The molecule has 0 bridgehead atoms. The van der Waals surface area contributed by atoms with Crippen molar-refractivity contribution in [3.05, 3.63) is 22.2 Å². The van der Waals surface area contributed by atoms with Crippen LogP contribution in [0.25, 0.3) is 0 Å². The van der Waals surface area contributed by atoms with Gasteiger partial charge in [-0.05, 0) is 12.5 Å². The Morgan fingerprint density at radius 1 is 1.26 bits per heavy atom. The number of nitrogens with zero attached hydrogens (tertiary/aromatic N) is 1. The SMILES string of the molecule is COc1cc(Cl)c(C)c(CN2CCNCC2)c1OC. The highest BCUT2D eigenvalue weighted by atomic mass is 35.5. The van der Waals surface area contributed by atoms with Crippen molar-refractivity contribution >= 4 is 11.6 Å². The molecular formula is C14H21ClN2O2. The van der Waals surface area contributed by atoms with Gasteiger partial charge in [-0.25, -0.2) is 0 Å². The zero-order chi connectivity index (χ0) is 13.8. The molecule has 19 heavy (non-hydrogen) atoms. The summed E-state index contributed by atoms with van der Waals surface area (Å²) in [7, 11) is 3.31. The summed E-state index contributed by atoms with van der Waals surface area (Å²) in [5.74, 6) is 1.49. The summed E-state index contributed by atoms with van der Waals surface area (Å²) in [5, 5.41) is 4.08. The van der Waals surface area contributed by atoms with Crippen molar-refractivity contribution in [2.75, 3.05) is 40.4 Å². The molecule has 106 valence electrons. The van der Waals surface area contributed by atoms with Crippen LogP contribution in [0.15, 0.2) is 6.07 Å². The van der Waals surface area contributed by atoms with E-state index >= 15 is 0 Å². The Morgan fingerprint density at radius 2 is 1.95 bits per heavy atom. The molecule has 1 aliphatic heterocycles. The van der Waals surface area contributed by atoms with E-state index in [1.54, 1.807) is 14.2 Å². The first-order valence-electron chi connectivity index (χ1n) is 6.50. The van der Waals surface area contributed by atoms with Crippen molar-refractivity contribution < 1.29 is 9.47 Å². The number of methoxy groups -OCH3 is 2. The van der Waals surface area contributed by atoms with Crippen molar-refractivity contribution in [1.29, 1.82) is 0 Å². The molecular weight excluding hydrogens is 264 g/mol. The summed E-state index contributed by atoms with van der Waals surface area (Å²) in [6.45, 7) is 7.00. The van der Waals surface area contributed by atoms with Gasteiger partial charge < -0.3 is 14.8 Å². The molecule has 1 saturated heterocycles. The van der Waals surface area contributed by atoms with E-state index in [1.165, 1.54) is 0 Å².